The molecule has 0 spiro atoms. The third-order valence-electron chi connectivity index (χ3n) is 5.84. The highest BCUT2D eigenvalue weighted by Gasteiger charge is 2.49. The first-order valence-corrected chi connectivity index (χ1v) is 9.11. The second-order valence-electron chi connectivity index (χ2n) is 7.85. The van der Waals surface area contributed by atoms with Gasteiger partial charge in [-0.3, -0.25) is 4.90 Å². The minimum atomic E-state index is -0.0530. The van der Waals surface area contributed by atoms with Gasteiger partial charge in [-0.05, 0) is 44.2 Å². The average molecular weight is 323 g/mol. The number of hydrogen-bond acceptors (Lipinski definition) is 2. The molecule has 1 aromatic carbocycles. The Balaban J connectivity index is 1.85. The molecule has 0 N–H and O–H groups in total. The number of benzene rings is 1. The van der Waals surface area contributed by atoms with Gasteiger partial charge >= 0.3 is 0 Å². The Morgan fingerprint density at radius 1 is 1.29 bits per heavy atom. The van der Waals surface area contributed by atoms with Gasteiger partial charge in [-0.15, -0.1) is 6.42 Å². The smallest absolute Gasteiger partial charge is 0.131 e. The van der Waals surface area contributed by atoms with Crippen molar-refractivity contribution in [1.29, 1.82) is 0 Å². The minimum absolute atomic E-state index is 0.0530. The molecular formula is C22H29NO. The van der Waals surface area contributed by atoms with Gasteiger partial charge in [-0.2, -0.15) is 0 Å². The van der Waals surface area contributed by atoms with Crippen molar-refractivity contribution in [3.8, 4) is 12.3 Å². The van der Waals surface area contributed by atoms with E-state index >= 15 is 0 Å². The maximum Gasteiger partial charge on any atom is 0.131 e. The van der Waals surface area contributed by atoms with Crippen LogP contribution in [-0.4, -0.2) is 29.3 Å². The molecule has 2 heteroatoms. The first-order valence-electron chi connectivity index (χ1n) is 9.11. The van der Waals surface area contributed by atoms with Gasteiger partial charge in [0.25, 0.3) is 0 Å². The zero-order valence-corrected chi connectivity index (χ0v) is 15.1. The Morgan fingerprint density at radius 3 is 2.75 bits per heavy atom. The molecule has 3 rings (SSSR count). The second-order valence-corrected chi connectivity index (χ2v) is 7.85. The quantitative estimate of drug-likeness (QED) is 0.755. The summed E-state index contributed by atoms with van der Waals surface area (Å²) in [5.41, 5.74) is 1.25. The Hall–Kier alpha value is -1.56. The second kappa shape index (κ2) is 7.13. The van der Waals surface area contributed by atoms with Crippen LogP contribution in [-0.2, 0) is 4.74 Å². The molecule has 1 aromatic rings. The van der Waals surface area contributed by atoms with E-state index in [0.29, 0.717) is 18.6 Å². The number of hydrogen-bond donors (Lipinski definition) is 0. The van der Waals surface area contributed by atoms with Gasteiger partial charge in [-0.25, -0.2) is 0 Å². The van der Waals surface area contributed by atoms with Crippen LogP contribution in [0.15, 0.2) is 36.4 Å². The summed E-state index contributed by atoms with van der Waals surface area (Å²) in [7, 11) is 0. The molecule has 2 nitrogen and oxygen atoms in total. The van der Waals surface area contributed by atoms with Crippen LogP contribution in [0, 0.1) is 24.2 Å². The van der Waals surface area contributed by atoms with E-state index in [0.717, 1.165) is 12.3 Å². The lowest BCUT2D eigenvalue weighted by Gasteiger charge is -2.56. The van der Waals surface area contributed by atoms with E-state index in [9.17, 15) is 0 Å². The highest BCUT2D eigenvalue weighted by Crippen LogP contribution is 2.45. The summed E-state index contributed by atoms with van der Waals surface area (Å²) in [6.07, 6.45) is 14.0. The predicted octanol–water partition coefficient (Wildman–Crippen LogP) is 4.57. The summed E-state index contributed by atoms with van der Waals surface area (Å²) in [6, 6.07) is 10.4. The van der Waals surface area contributed by atoms with Gasteiger partial charge in [0, 0.05) is 11.5 Å². The first kappa shape index (κ1) is 17.3. The van der Waals surface area contributed by atoms with Crippen LogP contribution >= 0.6 is 0 Å². The number of ether oxygens (including phenoxy) is 1. The van der Waals surface area contributed by atoms with Crippen LogP contribution in [0.25, 0.3) is 6.08 Å². The molecule has 1 heterocycles. The van der Waals surface area contributed by atoms with Crippen LogP contribution in [0.2, 0.25) is 0 Å². The van der Waals surface area contributed by atoms with E-state index in [-0.39, 0.29) is 11.8 Å². The van der Waals surface area contributed by atoms with Gasteiger partial charge in [0.15, 0.2) is 0 Å². The van der Waals surface area contributed by atoms with Crippen molar-refractivity contribution in [1.82, 2.24) is 4.90 Å². The van der Waals surface area contributed by atoms with Gasteiger partial charge < -0.3 is 4.74 Å². The van der Waals surface area contributed by atoms with Crippen molar-refractivity contribution in [3.63, 3.8) is 0 Å². The van der Waals surface area contributed by atoms with Crippen LogP contribution in [0.3, 0.4) is 0 Å². The Morgan fingerprint density at radius 2 is 2.04 bits per heavy atom. The summed E-state index contributed by atoms with van der Waals surface area (Å²) in [5.74, 6) is 4.15. The van der Waals surface area contributed by atoms with Crippen LogP contribution in [0.5, 0.6) is 0 Å². The molecule has 0 bridgehead atoms. The number of nitrogens with zero attached hydrogens (tertiary/aromatic N) is 1. The van der Waals surface area contributed by atoms with E-state index in [1.165, 1.54) is 18.4 Å². The van der Waals surface area contributed by atoms with E-state index in [4.69, 9.17) is 11.2 Å². The fourth-order valence-electron chi connectivity index (χ4n) is 4.38. The fourth-order valence-corrected chi connectivity index (χ4v) is 4.38. The lowest BCUT2D eigenvalue weighted by molar-refractivity contribution is -0.211. The van der Waals surface area contributed by atoms with Crippen molar-refractivity contribution in [2.24, 2.45) is 11.8 Å². The van der Waals surface area contributed by atoms with Gasteiger partial charge in [0.05, 0.1) is 12.6 Å². The van der Waals surface area contributed by atoms with Crippen molar-refractivity contribution in [3.05, 3.63) is 42.0 Å². The maximum absolute atomic E-state index is 6.53. The molecule has 0 unspecified atom stereocenters. The molecule has 1 aliphatic heterocycles. The maximum atomic E-state index is 6.53. The number of fused-ring (bicyclic) bond motifs is 1. The molecule has 2 aliphatic rings. The first-order chi connectivity index (χ1) is 11.5. The number of terminal acetylenes is 1. The van der Waals surface area contributed by atoms with Crippen molar-refractivity contribution >= 4 is 6.08 Å². The lowest BCUT2D eigenvalue weighted by atomic mass is 9.70. The van der Waals surface area contributed by atoms with Crippen LogP contribution < -0.4 is 0 Å². The zero-order chi connectivity index (χ0) is 17.2. The van der Waals surface area contributed by atoms with Gasteiger partial charge in [0.2, 0.25) is 0 Å². The molecule has 1 saturated heterocycles. The summed E-state index contributed by atoms with van der Waals surface area (Å²) in [4.78, 5) is 2.35. The largest absolute Gasteiger partial charge is 0.356 e. The Kier molecular flexibility index (Phi) is 5.13. The average Bonchev–Trinajstić information content (AvgIpc) is 2.56. The molecular weight excluding hydrogens is 294 g/mol. The number of rotatable bonds is 3. The third-order valence-corrected chi connectivity index (χ3v) is 5.84. The third kappa shape index (κ3) is 3.43. The normalized spacial score (nSPS) is 33.1. The monoisotopic (exact) mass is 323 g/mol. The van der Waals surface area contributed by atoms with Crippen molar-refractivity contribution < 1.29 is 4.74 Å². The molecule has 4 atom stereocenters. The molecule has 128 valence electrons. The van der Waals surface area contributed by atoms with E-state index in [2.05, 4.69) is 68.0 Å². The molecule has 1 aliphatic carbocycles. The van der Waals surface area contributed by atoms with Crippen LogP contribution in [0.4, 0.5) is 0 Å². The molecule has 0 amide bonds. The molecule has 1 saturated carbocycles. The lowest BCUT2D eigenvalue weighted by Crippen LogP contribution is -2.64. The topological polar surface area (TPSA) is 12.5 Å². The van der Waals surface area contributed by atoms with E-state index in [1.54, 1.807) is 0 Å². The highest BCUT2D eigenvalue weighted by molar-refractivity contribution is 5.49. The summed E-state index contributed by atoms with van der Waals surface area (Å²) < 4.78 is 6.53. The summed E-state index contributed by atoms with van der Waals surface area (Å²) in [5, 5.41) is 0. The van der Waals surface area contributed by atoms with Crippen molar-refractivity contribution in [2.45, 2.75) is 57.9 Å². The standard InChI is InChI=1S/C22H29NO/c1-5-15-23-21(14-12-18-9-7-6-8-10-18)24-20-16-17(2)11-13-19(20)22(23,3)4/h1,6-10,12,14,17,19-21H,11,13,15-16H2,2-4H3/b14-12+/t17-,19-,20-,21+/m1/s1. The highest BCUT2D eigenvalue weighted by atomic mass is 16.5. The molecule has 24 heavy (non-hydrogen) atoms. The Bertz CT molecular complexity index is 613. The Labute approximate surface area is 146 Å². The van der Waals surface area contributed by atoms with Crippen molar-refractivity contribution in [2.75, 3.05) is 6.54 Å². The van der Waals surface area contributed by atoms with Gasteiger partial charge in [0.1, 0.15) is 6.23 Å². The van der Waals surface area contributed by atoms with Crippen LogP contribution in [0.1, 0.15) is 45.6 Å². The molecule has 0 aromatic heterocycles. The van der Waals surface area contributed by atoms with E-state index in [1.807, 2.05) is 6.07 Å². The molecule has 2 fully saturated rings. The molecule has 0 radical (unpaired) electrons. The minimum Gasteiger partial charge on any atom is -0.356 e. The summed E-state index contributed by atoms with van der Waals surface area (Å²) >= 11 is 0. The SMILES string of the molecule is C#CCN1[C@H](/C=C/c2ccccc2)O[C@@H]2C[C@H](C)CC[C@H]2C1(C)C. The predicted molar refractivity (Wildman–Crippen MR) is 100 cm³/mol. The fraction of sp³-hybridized carbons (Fsp3) is 0.545. The van der Waals surface area contributed by atoms with E-state index < -0.39 is 0 Å². The zero-order valence-electron chi connectivity index (χ0n) is 15.1. The van der Waals surface area contributed by atoms with Gasteiger partial charge in [-0.1, -0.05) is 55.7 Å². The summed E-state index contributed by atoms with van der Waals surface area (Å²) in [6.45, 7) is 7.64.